The summed E-state index contributed by atoms with van der Waals surface area (Å²) in [7, 11) is 0. The molecule has 1 N–H and O–H groups in total. The van der Waals surface area contributed by atoms with E-state index < -0.39 is 12.1 Å². The van der Waals surface area contributed by atoms with E-state index in [-0.39, 0.29) is 0 Å². The van der Waals surface area contributed by atoms with Gasteiger partial charge in [-0.2, -0.15) is 0 Å². The van der Waals surface area contributed by atoms with Crippen molar-refractivity contribution in [3.63, 3.8) is 0 Å². The van der Waals surface area contributed by atoms with E-state index in [9.17, 15) is 4.79 Å². The lowest BCUT2D eigenvalue weighted by Gasteiger charge is -2.06. The number of halogens is 1. The molecule has 1 aromatic heterocycles. The number of thiophene rings is 1. The summed E-state index contributed by atoms with van der Waals surface area (Å²) >= 11 is 4.87. The predicted octanol–water partition coefficient (Wildman–Crippen LogP) is 2.50. The van der Waals surface area contributed by atoms with Crippen molar-refractivity contribution < 1.29 is 14.6 Å². The number of carboxylic acid groups (broad SMARTS) is 1. The molecule has 0 radical (unpaired) electrons. The minimum atomic E-state index is -0.937. The van der Waals surface area contributed by atoms with Crippen molar-refractivity contribution in [2.75, 3.05) is 0 Å². The van der Waals surface area contributed by atoms with Crippen LogP contribution in [0.4, 0.5) is 0 Å². The highest BCUT2D eigenvalue weighted by atomic mass is 79.9. The molecule has 1 heterocycles. The van der Waals surface area contributed by atoms with Crippen molar-refractivity contribution in [2.45, 2.75) is 19.6 Å². The summed E-state index contributed by atoms with van der Waals surface area (Å²) in [6, 6.07) is 1.91. The van der Waals surface area contributed by atoms with Gasteiger partial charge in [-0.05, 0) is 34.3 Å². The molecule has 0 saturated heterocycles. The maximum Gasteiger partial charge on any atom is 0.332 e. The Morgan fingerprint density at radius 2 is 2.54 bits per heavy atom. The molecule has 0 aliphatic heterocycles. The fourth-order valence-corrected chi connectivity index (χ4v) is 2.09. The molecule has 13 heavy (non-hydrogen) atoms. The Morgan fingerprint density at radius 1 is 1.85 bits per heavy atom. The quantitative estimate of drug-likeness (QED) is 0.909. The summed E-state index contributed by atoms with van der Waals surface area (Å²) in [4.78, 5) is 11.4. The van der Waals surface area contributed by atoms with Gasteiger partial charge in [0.1, 0.15) is 0 Å². The summed E-state index contributed by atoms with van der Waals surface area (Å²) in [6.07, 6.45) is -0.756. The van der Waals surface area contributed by atoms with Crippen LogP contribution in [0.2, 0.25) is 0 Å². The molecule has 0 bridgehead atoms. The van der Waals surface area contributed by atoms with E-state index in [4.69, 9.17) is 9.84 Å². The second-order valence-corrected chi connectivity index (χ2v) is 4.34. The lowest BCUT2D eigenvalue weighted by molar-refractivity contribution is -0.149. The van der Waals surface area contributed by atoms with Crippen LogP contribution in [-0.4, -0.2) is 17.2 Å². The standard InChI is InChI=1S/C8H9BrO3S/c1-5(8(10)11)12-4-7-6(9)2-3-13-7/h2-3,5H,4H2,1H3,(H,10,11)/t5-/m0/s1. The van der Waals surface area contributed by atoms with E-state index in [1.165, 1.54) is 18.3 Å². The number of aliphatic carboxylic acids is 1. The summed E-state index contributed by atoms with van der Waals surface area (Å²) in [5, 5.41) is 10.5. The lowest BCUT2D eigenvalue weighted by atomic mass is 10.4. The summed E-state index contributed by atoms with van der Waals surface area (Å²) in [5.74, 6) is -0.937. The minimum Gasteiger partial charge on any atom is -0.479 e. The lowest BCUT2D eigenvalue weighted by Crippen LogP contribution is -2.19. The summed E-state index contributed by atoms with van der Waals surface area (Å²) in [5.41, 5.74) is 0. The minimum absolute atomic E-state index is 0.339. The van der Waals surface area contributed by atoms with E-state index >= 15 is 0 Å². The molecule has 0 unspecified atom stereocenters. The van der Waals surface area contributed by atoms with Gasteiger partial charge < -0.3 is 9.84 Å². The second kappa shape index (κ2) is 4.74. The molecule has 0 saturated carbocycles. The highest BCUT2D eigenvalue weighted by Crippen LogP contribution is 2.23. The fraction of sp³-hybridized carbons (Fsp3) is 0.375. The Morgan fingerprint density at radius 3 is 3.00 bits per heavy atom. The third-order valence-electron chi connectivity index (χ3n) is 1.50. The first-order valence-corrected chi connectivity index (χ1v) is 5.35. The summed E-state index contributed by atoms with van der Waals surface area (Å²) in [6.45, 7) is 1.86. The van der Waals surface area contributed by atoms with Crippen LogP contribution in [0.25, 0.3) is 0 Å². The van der Waals surface area contributed by atoms with Crippen molar-refractivity contribution >= 4 is 33.2 Å². The molecular formula is C8H9BrO3S. The van der Waals surface area contributed by atoms with E-state index in [1.54, 1.807) is 0 Å². The molecule has 3 nitrogen and oxygen atoms in total. The van der Waals surface area contributed by atoms with Gasteiger partial charge in [0.15, 0.2) is 6.10 Å². The van der Waals surface area contributed by atoms with E-state index in [0.29, 0.717) is 6.61 Å². The number of rotatable bonds is 4. The van der Waals surface area contributed by atoms with E-state index in [0.717, 1.165) is 9.35 Å². The van der Waals surface area contributed by atoms with Gasteiger partial charge in [-0.1, -0.05) is 0 Å². The number of hydrogen-bond acceptors (Lipinski definition) is 3. The number of carboxylic acids is 1. The van der Waals surface area contributed by atoms with Gasteiger partial charge in [0, 0.05) is 9.35 Å². The molecule has 0 aliphatic carbocycles. The second-order valence-electron chi connectivity index (χ2n) is 2.48. The zero-order valence-corrected chi connectivity index (χ0v) is 9.39. The molecule has 1 rings (SSSR count). The van der Waals surface area contributed by atoms with Crippen molar-refractivity contribution in [2.24, 2.45) is 0 Å². The Labute approximate surface area is 88.5 Å². The molecule has 72 valence electrons. The van der Waals surface area contributed by atoms with Gasteiger partial charge in [0.05, 0.1) is 6.61 Å². The molecule has 0 aromatic carbocycles. The van der Waals surface area contributed by atoms with Crippen LogP contribution in [0, 0.1) is 0 Å². The van der Waals surface area contributed by atoms with Crippen LogP contribution in [0.15, 0.2) is 15.9 Å². The van der Waals surface area contributed by atoms with Gasteiger partial charge in [0.2, 0.25) is 0 Å². The molecule has 0 spiro atoms. The van der Waals surface area contributed by atoms with Crippen LogP contribution in [0.1, 0.15) is 11.8 Å². The van der Waals surface area contributed by atoms with Gasteiger partial charge in [-0.25, -0.2) is 4.79 Å². The Bertz CT molecular complexity index is 297. The van der Waals surface area contributed by atoms with E-state index in [2.05, 4.69) is 15.9 Å². The van der Waals surface area contributed by atoms with Crippen LogP contribution in [-0.2, 0) is 16.1 Å². The Hall–Kier alpha value is -0.390. The molecule has 1 atom stereocenters. The van der Waals surface area contributed by atoms with Crippen molar-refractivity contribution in [1.29, 1.82) is 0 Å². The number of hydrogen-bond donors (Lipinski definition) is 1. The summed E-state index contributed by atoms with van der Waals surface area (Å²) < 4.78 is 6.08. The average Bonchev–Trinajstić information content (AvgIpc) is 2.47. The maximum absolute atomic E-state index is 10.4. The third-order valence-corrected chi connectivity index (χ3v) is 3.40. The first kappa shape index (κ1) is 10.7. The monoisotopic (exact) mass is 264 g/mol. The zero-order chi connectivity index (χ0) is 9.84. The first-order chi connectivity index (χ1) is 6.11. The van der Waals surface area contributed by atoms with E-state index in [1.807, 2.05) is 11.4 Å². The van der Waals surface area contributed by atoms with Gasteiger partial charge in [-0.3, -0.25) is 0 Å². The highest BCUT2D eigenvalue weighted by Gasteiger charge is 2.12. The molecule has 1 aromatic rings. The average molecular weight is 265 g/mol. The van der Waals surface area contributed by atoms with Crippen molar-refractivity contribution in [1.82, 2.24) is 0 Å². The normalized spacial score (nSPS) is 12.8. The molecular weight excluding hydrogens is 256 g/mol. The maximum atomic E-state index is 10.4. The van der Waals surface area contributed by atoms with Gasteiger partial charge in [0.25, 0.3) is 0 Å². The van der Waals surface area contributed by atoms with Gasteiger partial charge >= 0.3 is 5.97 Å². The molecule has 0 aliphatic rings. The smallest absolute Gasteiger partial charge is 0.332 e. The first-order valence-electron chi connectivity index (χ1n) is 3.67. The van der Waals surface area contributed by atoms with Crippen molar-refractivity contribution in [3.05, 3.63) is 20.8 Å². The number of carbonyl (C=O) groups is 1. The molecule has 5 heteroatoms. The fourth-order valence-electron chi connectivity index (χ4n) is 0.700. The predicted molar refractivity (Wildman–Crippen MR) is 53.9 cm³/mol. The zero-order valence-electron chi connectivity index (χ0n) is 6.99. The van der Waals surface area contributed by atoms with Crippen LogP contribution in [0.3, 0.4) is 0 Å². The SMILES string of the molecule is C[C@H](OCc1sccc1Br)C(=O)O. The third kappa shape index (κ3) is 3.10. The largest absolute Gasteiger partial charge is 0.479 e. The topological polar surface area (TPSA) is 46.5 Å². The Kier molecular flexibility index (Phi) is 3.90. The number of ether oxygens (including phenoxy) is 1. The van der Waals surface area contributed by atoms with Crippen LogP contribution >= 0.6 is 27.3 Å². The van der Waals surface area contributed by atoms with Crippen LogP contribution < -0.4 is 0 Å². The molecule has 0 fully saturated rings. The molecule has 0 amide bonds. The Balaban J connectivity index is 2.44. The van der Waals surface area contributed by atoms with Gasteiger partial charge in [-0.15, -0.1) is 11.3 Å². The van der Waals surface area contributed by atoms with Crippen LogP contribution in [0.5, 0.6) is 0 Å². The highest BCUT2D eigenvalue weighted by molar-refractivity contribution is 9.10. The van der Waals surface area contributed by atoms with Crippen molar-refractivity contribution in [3.8, 4) is 0 Å².